The number of nitrogens with zero attached hydrogens (tertiary/aromatic N) is 3. The van der Waals surface area contributed by atoms with Gasteiger partial charge in [0.1, 0.15) is 5.69 Å². The molecule has 0 amide bonds. The smallest absolute Gasteiger partial charge is 0.107 e. The van der Waals surface area contributed by atoms with Crippen molar-refractivity contribution < 1.29 is 0 Å². The Labute approximate surface area is 93.4 Å². The first-order valence-electron chi connectivity index (χ1n) is 4.81. The Bertz CT molecular complexity index is 443. The van der Waals surface area contributed by atoms with E-state index in [1.54, 1.807) is 0 Å². The molecule has 0 bridgehead atoms. The molecule has 0 saturated heterocycles. The van der Waals surface area contributed by atoms with Crippen molar-refractivity contribution in [3.8, 4) is 11.3 Å². The zero-order valence-electron chi connectivity index (χ0n) is 9.06. The van der Waals surface area contributed by atoms with Crippen LogP contribution in [0.25, 0.3) is 11.3 Å². The van der Waals surface area contributed by atoms with Gasteiger partial charge in [-0.15, -0.1) is 5.10 Å². The average molecular weight is 219 g/mol. The summed E-state index contributed by atoms with van der Waals surface area (Å²) >= 11 is 1.36. The van der Waals surface area contributed by atoms with Crippen LogP contribution in [0, 0.1) is 0 Å². The molecule has 2 aromatic rings. The molecular weight excluding hydrogens is 206 g/mol. The predicted molar refractivity (Wildman–Crippen MR) is 61.8 cm³/mol. The molecule has 0 aliphatic carbocycles. The fraction of sp³-hybridized carbons (Fsp3) is 0.364. The molecule has 2 aromatic heterocycles. The van der Waals surface area contributed by atoms with Gasteiger partial charge >= 0.3 is 0 Å². The molecule has 0 N–H and O–H groups in total. The van der Waals surface area contributed by atoms with Gasteiger partial charge in [0, 0.05) is 23.3 Å². The normalized spacial score (nSPS) is 11.7. The van der Waals surface area contributed by atoms with Gasteiger partial charge in [0.2, 0.25) is 0 Å². The predicted octanol–water partition coefficient (Wildman–Crippen LogP) is 2.90. The number of hydrogen-bond donors (Lipinski definition) is 0. The van der Waals surface area contributed by atoms with E-state index in [0.717, 1.165) is 11.3 Å². The minimum absolute atomic E-state index is 0.0991. The Hall–Kier alpha value is -1.29. The summed E-state index contributed by atoms with van der Waals surface area (Å²) in [6.45, 7) is 6.56. The minimum atomic E-state index is 0.0991. The van der Waals surface area contributed by atoms with Crippen molar-refractivity contribution in [1.29, 1.82) is 0 Å². The number of pyridine rings is 1. The second-order valence-electron chi connectivity index (χ2n) is 4.46. The van der Waals surface area contributed by atoms with Gasteiger partial charge in [-0.1, -0.05) is 25.3 Å². The molecule has 3 nitrogen and oxygen atoms in total. The minimum Gasteiger partial charge on any atom is -0.264 e. The highest BCUT2D eigenvalue weighted by Gasteiger charge is 2.19. The standard InChI is InChI=1S/C11H13N3S/c1-11(2,3)9-4-5-12-6-8(9)10-7-15-14-13-10/h4-7H,1-3H3. The Morgan fingerprint density at radius 2 is 2.07 bits per heavy atom. The van der Waals surface area contributed by atoms with Gasteiger partial charge in [0.15, 0.2) is 0 Å². The van der Waals surface area contributed by atoms with Crippen molar-refractivity contribution in [3.63, 3.8) is 0 Å². The average Bonchev–Trinajstić information content (AvgIpc) is 2.69. The molecule has 4 heteroatoms. The quantitative estimate of drug-likeness (QED) is 0.740. The first kappa shape index (κ1) is 10.2. The van der Waals surface area contributed by atoms with Crippen LogP contribution >= 0.6 is 11.5 Å². The van der Waals surface area contributed by atoms with E-state index in [1.807, 2.05) is 17.8 Å². The Morgan fingerprint density at radius 3 is 2.67 bits per heavy atom. The van der Waals surface area contributed by atoms with Crippen LogP contribution in [0.1, 0.15) is 26.3 Å². The van der Waals surface area contributed by atoms with Crippen molar-refractivity contribution in [2.75, 3.05) is 0 Å². The van der Waals surface area contributed by atoms with Crippen LogP contribution in [-0.4, -0.2) is 14.6 Å². The van der Waals surface area contributed by atoms with Gasteiger partial charge in [0.05, 0.1) is 0 Å². The van der Waals surface area contributed by atoms with E-state index < -0.39 is 0 Å². The lowest BCUT2D eigenvalue weighted by Gasteiger charge is -2.21. The van der Waals surface area contributed by atoms with Crippen LogP contribution in [0.15, 0.2) is 23.8 Å². The number of rotatable bonds is 1. The highest BCUT2D eigenvalue weighted by atomic mass is 32.1. The van der Waals surface area contributed by atoms with Crippen LogP contribution in [0.3, 0.4) is 0 Å². The molecular formula is C11H13N3S. The van der Waals surface area contributed by atoms with E-state index in [0.29, 0.717) is 0 Å². The maximum absolute atomic E-state index is 4.15. The topological polar surface area (TPSA) is 38.7 Å². The Morgan fingerprint density at radius 1 is 1.27 bits per heavy atom. The van der Waals surface area contributed by atoms with Crippen LogP contribution in [0.2, 0.25) is 0 Å². The summed E-state index contributed by atoms with van der Waals surface area (Å²) < 4.78 is 3.89. The van der Waals surface area contributed by atoms with Crippen molar-refractivity contribution in [2.45, 2.75) is 26.2 Å². The third-order valence-corrected chi connectivity index (χ3v) is 2.77. The summed E-state index contributed by atoms with van der Waals surface area (Å²) in [5.41, 5.74) is 3.35. The van der Waals surface area contributed by atoms with Gasteiger partial charge < -0.3 is 0 Å². The van der Waals surface area contributed by atoms with E-state index in [2.05, 4.69) is 41.4 Å². The number of hydrogen-bond acceptors (Lipinski definition) is 4. The lowest BCUT2D eigenvalue weighted by molar-refractivity contribution is 0.591. The summed E-state index contributed by atoms with van der Waals surface area (Å²) in [4.78, 5) is 4.15. The third kappa shape index (κ3) is 2.04. The molecule has 15 heavy (non-hydrogen) atoms. The van der Waals surface area contributed by atoms with Gasteiger partial charge in [0.25, 0.3) is 0 Å². The van der Waals surface area contributed by atoms with Gasteiger partial charge in [-0.05, 0) is 28.6 Å². The lowest BCUT2D eigenvalue weighted by Crippen LogP contribution is -2.12. The Kier molecular flexibility index (Phi) is 2.52. The second-order valence-corrected chi connectivity index (χ2v) is 5.07. The number of aromatic nitrogens is 3. The molecule has 0 unspecified atom stereocenters. The van der Waals surface area contributed by atoms with E-state index in [1.165, 1.54) is 17.1 Å². The maximum atomic E-state index is 4.15. The molecule has 0 aromatic carbocycles. The maximum Gasteiger partial charge on any atom is 0.107 e. The molecule has 0 fully saturated rings. The van der Waals surface area contributed by atoms with Crippen molar-refractivity contribution in [1.82, 2.24) is 14.6 Å². The van der Waals surface area contributed by atoms with Crippen molar-refractivity contribution >= 4 is 11.5 Å². The summed E-state index contributed by atoms with van der Waals surface area (Å²) in [7, 11) is 0. The van der Waals surface area contributed by atoms with Gasteiger partial charge in [-0.3, -0.25) is 4.98 Å². The summed E-state index contributed by atoms with van der Waals surface area (Å²) in [5.74, 6) is 0. The molecule has 0 aliphatic heterocycles. The highest BCUT2D eigenvalue weighted by Crippen LogP contribution is 2.31. The first-order valence-corrected chi connectivity index (χ1v) is 5.64. The zero-order chi connectivity index (χ0) is 10.9. The van der Waals surface area contributed by atoms with Crippen molar-refractivity contribution in [2.24, 2.45) is 0 Å². The molecule has 0 aliphatic rings. The van der Waals surface area contributed by atoms with Gasteiger partial charge in [-0.2, -0.15) is 0 Å². The largest absolute Gasteiger partial charge is 0.264 e. The summed E-state index contributed by atoms with van der Waals surface area (Å²) in [5, 5.41) is 6.04. The molecule has 78 valence electrons. The van der Waals surface area contributed by atoms with Crippen molar-refractivity contribution in [3.05, 3.63) is 29.4 Å². The van der Waals surface area contributed by atoms with E-state index in [9.17, 15) is 0 Å². The van der Waals surface area contributed by atoms with E-state index in [-0.39, 0.29) is 5.41 Å². The lowest BCUT2D eigenvalue weighted by atomic mass is 9.84. The molecule has 0 spiro atoms. The molecule has 0 saturated carbocycles. The third-order valence-electron chi connectivity index (χ3n) is 2.27. The molecule has 2 rings (SSSR count). The summed E-state index contributed by atoms with van der Waals surface area (Å²) in [6, 6.07) is 2.05. The van der Waals surface area contributed by atoms with Crippen LogP contribution in [0.5, 0.6) is 0 Å². The monoisotopic (exact) mass is 219 g/mol. The fourth-order valence-electron chi connectivity index (χ4n) is 1.53. The molecule has 2 heterocycles. The van der Waals surface area contributed by atoms with E-state index in [4.69, 9.17) is 0 Å². The van der Waals surface area contributed by atoms with Crippen LogP contribution in [0.4, 0.5) is 0 Å². The highest BCUT2D eigenvalue weighted by molar-refractivity contribution is 7.03. The van der Waals surface area contributed by atoms with Gasteiger partial charge in [-0.25, -0.2) is 0 Å². The first-order chi connectivity index (χ1) is 7.09. The summed E-state index contributed by atoms with van der Waals surface area (Å²) in [6.07, 6.45) is 3.68. The fourth-order valence-corrected chi connectivity index (χ4v) is 1.99. The van der Waals surface area contributed by atoms with E-state index >= 15 is 0 Å². The molecule has 0 radical (unpaired) electrons. The second kappa shape index (κ2) is 3.70. The van der Waals surface area contributed by atoms with Crippen LogP contribution < -0.4 is 0 Å². The zero-order valence-corrected chi connectivity index (χ0v) is 9.88. The Balaban J connectivity index is 2.58. The molecule has 0 atom stereocenters. The van der Waals surface area contributed by atoms with Crippen LogP contribution in [-0.2, 0) is 5.41 Å². The SMILES string of the molecule is CC(C)(C)c1ccncc1-c1csnn1.